The summed E-state index contributed by atoms with van der Waals surface area (Å²) in [7, 11) is -2.98. The number of piperidine rings is 2. The number of benzene rings is 2. The zero-order chi connectivity index (χ0) is 41.1. The van der Waals surface area contributed by atoms with Crippen molar-refractivity contribution in [2.45, 2.75) is 102 Å². The predicted octanol–water partition coefficient (Wildman–Crippen LogP) is 6.74. The van der Waals surface area contributed by atoms with Crippen molar-refractivity contribution in [3.63, 3.8) is 0 Å². The van der Waals surface area contributed by atoms with Crippen molar-refractivity contribution in [1.29, 1.82) is 0 Å². The second-order valence-electron chi connectivity index (χ2n) is 17.6. The van der Waals surface area contributed by atoms with Gasteiger partial charge in [-0.1, -0.05) is 0 Å². The van der Waals surface area contributed by atoms with Crippen molar-refractivity contribution >= 4 is 27.4 Å². The molecule has 0 unspecified atom stereocenters. The summed E-state index contributed by atoms with van der Waals surface area (Å²) in [6, 6.07) is 12.3. The average Bonchev–Trinajstić information content (AvgIpc) is 3.24. The molecule has 3 heterocycles. The first-order valence-electron chi connectivity index (χ1n) is 22.0. The van der Waals surface area contributed by atoms with Gasteiger partial charge in [0.15, 0.2) is 21.4 Å². The number of nitrogens with two attached hydrogens (primary N) is 1. The van der Waals surface area contributed by atoms with Gasteiger partial charge in [-0.3, -0.25) is 9.59 Å². The Hall–Kier alpha value is -3.26. The fourth-order valence-corrected chi connectivity index (χ4v) is 10.7. The first kappa shape index (κ1) is 44.3. The molecule has 0 atom stereocenters. The highest BCUT2D eigenvalue weighted by Gasteiger charge is 2.30. The Balaban J connectivity index is 0.000000208. The molecule has 13 heteroatoms. The highest BCUT2D eigenvalue weighted by Crippen LogP contribution is 2.30. The molecular weight excluding hydrogens is 761 g/mol. The lowest BCUT2D eigenvalue weighted by molar-refractivity contribution is 0.0826. The zero-order valence-electron chi connectivity index (χ0n) is 34.2. The van der Waals surface area contributed by atoms with Crippen LogP contribution in [0.25, 0.3) is 0 Å². The summed E-state index contributed by atoms with van der Waals surface area (Å²) < 4.78 is 49.2. The van der Waals surface area contributed by atoms with Crippen LogP contribution in [0.2, 0.25) is 0 Å². The Kier molecular flexibility index (Phi) is 16.3. The number of sulfone groups is 1. The fourth-order valence-electron chi connectivity index (χ4n) is 9.52. The first-order valence-corrected chi connectivity index (χ1v) is 23.8. The van der Waals surface area contributed by atoms with Crippen LogP contribution in [-0.4, -0.2) is 117 Å². The second kappa shape index (κ2) is 21.3. The Morgan fingerprint density at radius 1 is 0.586 bits per heavy atom. The number of ketones is 2. The molecule has 2 aliphatic carbocycles. The van der Waals surface area contributed by atoms with Gasteiger partial charge in [0.1, 0.15) is 11.6 Å². The Labute approximate surface area is 344 Å². The molecule has 0 aromatic heterocycles. The molecule has 58 heavy (non-hydrogen) atoms. The topological polar surface area (TPSA) is 133 Å². The minimum Gasteiger partial charge on any atom is -0.335 e. The zero-order valence-corrected chi connectivity index (χ0v) is 35.0. The van der Waals surface area contributed by atoms with Crippen LogP contribution in [0.4, 0.5) is 13.6 Å². The molecule has 3 aliphatic heterocycles. The number of hydrogen-bond donors (Lipinski definition) is 2. The van der Waals surface area contributed by atoms with E-state index in [1.54, 1.807) is 29.2 Å². The monoisotopic (exact) mass is 825 g/mol. The lowest BCUT2D eigenvalue weighted by atomic mass is 9.83. The van der Waals surface area contributed by atoms with E-state index in [1.165, 1.54) is 56.4 Å². The molecule has 0 bridgehead atoms. The van der Waals surface area contributed by atoms with Crippen LogP contribution in [0.5, 0.6) is 0 Å². The third-order valence-electron chi connectivity index (χ3n) is 13.6. The van der Waals surface area contributed by atoms with Crippen LogP contribution in [0.1, 0.15) is 111 Å². The van der Waals surface area contributed by atoms with Crippen molar-refractivity contribution in [3.05, 3.63) is 71.3 Å². The number of Topliss-reactive ketones (excluding diaryl/α,β-unsaturated/α-hetero) is 2. The number of urea groups is 1. The molecule has 10 nitrogen and oxygen atoms in total. The first-order chi connectivity index (χ1) is 27.9. The molecule has 3 saturated heterocycles. The molecule has 5 aliphatic rings. The van der Waals surface area contributed by atoms with Crippen LogP contribution in [0.3, 0.4) is 0 Å². The molecule has 2 saturated carbocycles. The van der Waals surface area contributed by atoms with E-state index in [0.29, 0.717) is 23.1 Å². The van der Waals surface area contributed by atoms with E-state index in [0.717, 1.165) is 103 Å². The molecule has 7 rings (SSSR count). The summed E-state index contributed by atoms with van der Waals surface area (Å²) in [6.45, 7) is 6.63. The second-order valence-corrected chi connectivity index (χ2v) is 19.9. The van der Waals surface area contributed by atoms with Gasteiger partial charge < -0.3 is 25.8 Å². The van der Waals surface area contributed by atoms with E-state index < -0.39 is 9.84 Å². The molecule has 2 aromatic carbocycles. The van der Waals surface area contributed by atoms with Crippen LogP contribution in [0, 0.1) is 35.3 Å². The minimum absolute atomic E-state index is 0.0285. The molecule has 0 spiro atoms. The smallest absolute Gasteiger partial charge is 0.317 e. The van der Waals surface area contributed by atoms with Crippen molar-refractivity contribution in [2.75, 3.05) is 63.9 Å². The number of likely N-dealkylation sites (tertiary alicyclic amines) is 2. The lowest BCUT2D eigenvalue weighted by Crippen LogP contribution is -2.51. The normalized spacial score (nSPS) is 26.3. The van der Waals surface area contributed by atoms with Gasteiger partial charge in [-0.2, -0.15) is 0 Å². The third-order valence-corrected chi connectivity index (χ3v) is 15.2. The van der Waals surface area contributed by atoms with Gasteiger partial charge in [-0.15, -0.1) is 0 Å². The number of carbonyl (C=O) groups is 3. The fraction of sp³-hybridized carbons (Fsp3) is 0.667. The summed E-state index contributed by atoms with van der Waals surface area (Å²) >= 11 is 0. The summed E-state index contributed by atoms with van der Waals surface area (Å²) in [5.74, 6) is 1.44. The number of nitrogens with one attached hydrogen (secondary N) is 1. The quantitative estimate of drug-likeness (QED) is 0.239. The van der Waals surface area contributed by atoms with Gasteiger partial charge in [-0.05, 0) is 190 Å². The highest BCUT2D eigenvalue weighted by molar-refractivity contribution is 7.91. The van der Waals surface area contributed by atoms with E-state index in [9.17, 15) is 31.6 Å². The Morgan fingerprint density at radius 2 is 0.983 bits per heavy atom. The molecule has 3 N–H and O–H groups in total. The van der Waals surface area contributed by atoms with E-state index in [2.05, 4.69) is 15.1 Å². The number of carbonyl (C=O) groups excluding carboxylic acids is 3. The molecule has 320 valence electrons. The number of halogens is 2. The third kappa shape index (κ3) is 13.4. The maximum atomic E-state index is 13.1. The summed E-state index contributed by atoms with van der Waals surface area (Å²) in [5.41, 5.74) is 7.22. The minimum atomic E-state index is -2.98. The van der Waals surface area contributed by atoms with Gasteiger partial charge in [-0.25, -0.2) is 22.0 Å². The van der Waals surface area contributed by atoms with Gasteiger partial charge in [0.25, 0.3) is 0 Å². The largest absolute Gasteiger partial charge is 0.335 e. The maximum Gasteiger partial charge on any atom is 0.317 e. The molecule has 2 amide bonds. The lowest BCUT2D eigenvalue weighted by Gasteiger charge is -2.35. The maximum absolute atomic E-state index is 13.1. The van der Waals surface area contributed by atoms with Crippen molar-refractivity contribution in [1.82, 2.24) is 20.0 Å². The van der Waals surface area contributed by atoms with Crippen LogP contribution >= 0.6 is 0 Å². The molecule has 0 radical (unpaired) electrons. The highest BCUT2D eigenvalue weighted by atomic mass is 32.2. The standard InChI is InChI=1S/C25H36FN3O4S.C20H29FN2O/c26-22-5-3-20(4-6-22)24(30)21-10-13-28(14-11-21)12-9-19-1-7-23(8-2-19)27-25(31)29-15-17-34(32,33)18-16-29;21-18-5-3-16(4-6-18)20(24)17-10-13-23(14-11-17)12-9-15-1-7-19(22)8-2-15/h3-6,19,21,23H,1-2,7-18H2,(H,27,31);3-6,15,17,19H,1-2,7-14,22H2. The summed E-state index contributed by atoms with van der Waals surface area (Å²) in [5, 5.41) is 3.10. The SMILES string of the molecule is NC1CCC(CCN2CCC(C(=O)c3ccc(F)cc3)CC2)CC1.O=C(c1ccc(F)cc1)C1CCN(CCC2CCC(NC(=O)N3CCS(=O)(=O)CC3)CC2)CC1. The van der Waals surface area contributed by atoms with Crippen molar-refractivity contribution in [2.24, 2.45) is 29.4 Å². The Bertz CT molecular complexity index is 1720. The van der Waals surface area contributed by atoms with E-state index in [4.69, 9.17) is 5.73 Å². The Morgan fingerprint density at radius 3 is 1.40 bits per heavy atom. The summed E-state index contributed by atoms with van der Waals surface area (Å²) in [6.07, 6.45) is 15.0. The number of rotatable bonds is 11. The van der Waals surface area contributed by atoms with Gasteiger partial charge >= 0.3 is 6.03 Å². The number of amides is 2. The van der Waals surface area contributed by atoms with Crippen LogP contribution in [-0.2, 0) is 9.84 Å². The van der Waals surface area contributed by atoms with Gasteiger partial charge in [0.05, 0.1) is 11.5 Å². The molecule has 5 fully saturated rings. The average molecular weight is 826 g/mol. The van der Waals surface area contributed by atoms with Crippen molar-refractivity contribution in [3.8, 4) is 0 Å². The van der Waals surface area contributed by atoms with Crippen molar-refractivity contribution < 1.29 is 31.6 Å². The van der Waals surface area contributed by atoms with E-state index in [-0.39, 0.29) is 71.7 Å². The van der Waals surface area contributed by atoms with Gasteiger partial charge in [0.2, 0.25) is 0 Å². The molecular formula is C45H65F2N5O5S. The summed E-state index contributed by atoms with van der Waals surface area (Å²) in [4.78, 5) is 44.2. The van der Waals surface area contributed by atoms with Crippen LogP contribution < -0.4 is 11.1 Å². The van der Waals surface area contributed by atoms with Crippen LogP contribution in [0.15, 0.2) is 48.5 Å². The number of nitrogens with zero attached hydrogens (tertiary/aromatic N) is 3. The van der Waals surface area contributed by atoms with E-state index in [1.807, 2.05) is 0 Å². The number of hydrogen-bond acceptors (Lipinski definition) is 8. The molecule has 2 aromatic rings. The predicted molar refractivity (Wildman–Crippen MR) is 223 cm³/mol. The van der Waals surface area contributed by atoms with E-state index >= 15 is 0 Å². The van der Waals surface area contributed by atoms with Gasteiger partial charge in [0, 0.05) is 48.1 Å².